The van der Waals surface area contributed by atoms with E-state index in [2.05, 4.69) is 19.2 Å². The van der Waals surface area contributed by atoms with E-state index in [1.165, 1.54) is 0 Å². The van der Waals surface area contributed by atoms with Gasteiger partial charge in [0.15, 0.2) is 0 Å². The molecular formula is C16H23NO2. The summed E-state index contributed by atoms with van der Waals surface area (Å²) in [7, 11) is 0. The zero-order valence-electron chi connectivity index (χ0n) is 11.8. The van der Waals surface area contributed by atoms with E-state index in [4.69, 9.17) is 4.74 Å². The fraction of sp³-hybridized carbons (Fsp3) is 0.562. The number of benzene rings is 1. The lowest BCUT2D eigenvalue weighted by atomic mass is 9.80. The summed E-state index contributed by atoms with van der Waals surface area (Å²) in [6.07, 6.45) is 3.27. The van der Waals surface area contributed by atoms with Crippen molar-refractivity contribution in [2.24, 2.45) is 11.8 Å². The second-order valence-electron chi connectivity index (χ2n) is 5.60. The van der Waals surface area contributed by atoms with Gasteiger partial charge >= 0.3 is 5.97 Å². The Labute approximate surface area is 115 Å². The van der Waals surface area contributed by atoms with Crippen molar-refractivity contribution in [1.29, 1.82) is 0 Å². The summed E-state index contributed by atoms with van der Waals surface area (Å²) in [5, 5.41) is 3.08. The Morgan fingerprint density at radius 1 is 1.21 bits per heavy atom. The molecule has 0 bridgehead atoms. The summed E-state index contributed by atoms with van der Waals surface area (Å²) in [4.78, 5) is 11.8. The van der Waals surface area contributed by atoms with E-state index in [0.29, 0.717) is 5.92 Å². The van der Waals surface area contributed by atoms with Gasteiger partial charge in [-0.15, -0.1) is 0 Å². The second kappa shape index (κ2) is 6.60. The lowest BCUT2D eigenvalue weighted by Gasteiger charge is -2.31. The Balaban J connectivity index is 1.73. The predicted octanol–water partition coefficient (Wildman–Crippen LogP) is 3.47. The number of esters is 1. The molecule has 1 aromatic carbocycles. The third-order valence-corrected chi connectivity index (χ3v) is 4.06. The van der Waals surface area contributed by atoms with Crippen LogP contribution >= 0.6 is 0 Å². The zero-order chi connectivity index (χ0) is 13.7. The van der Waals surface area contributed by atoms with Crippen molar-refractivity contribution >= 4 is 11.7 Å². The van der Waals surface area contributed by atoms with Gasteiger partial charge in [-0.3, -0.25) is 4.79 Å². The van der Waals surface area contributed by atoms with Crippen molar-refractivity contribution < 1.29 is 9.53 Å². The summed E-state index contributed by atoms with van der Waals surface area (Å²) >= 11 is 0. The Bertz CT molecular complexity index is 404. The first-order valence-corrected chi connectivity index (χ1v) is 7.13. The molecule has 0 amide bonds. The van der Waals surface area contributed by atoms with Crippen LogP contribution in [0.1, 0.15) is 33.1 Å². The summed E-state index contributed by atoms with van der Waals surface area (Å²) in [5.74, 6) is 1.24. The van der Waals surface area contributed by atoms with Gasteiger partial charge in [0.1, 0.15) is 12.6 Å². The number of rotatable bonds is 4. The smallest absolute Gasteiger partial charge is 0.325 e. The van der Waals surface area contributed by atoms with Gasteiger partial charge in [-0.05, 0) is 43.2 Å². The largest absolute Gasteiger partial charge is 0.461 e. The van der Waals surface area contributed by atoms with Gasteiger partial charge in [0.05, 0.1) is 0 Å². The van der Waals surface area contributed by atoms with Crippen LogP contribution in [0.25, 0.3) is 0 Å². The molecule has 3 unspecified atom stereocenters. The molecule has 3 atom stereocenters. The van der Waals surface area contributed by atoms with Crippen LogP contribution in [0.3, 0.4) is 0 Å². The maximum absolute atomic E-state index is 11.8. The molecule has 1 saturated carbocycles. The van der Waals surface area contributed by atoms with Gasteiger partial charge < -0.3 is 10.1 Å². The normalized spacial score (nSPS) is 26.7. The summed E-state index contributed by atoms with van der Waals surface area (Å²) in [6, 6.07) is 9.72. The number of para-hydroxylation sites is 1. The molecule has 1 aliphatic carbocycles. The molecule has 0 radical (unpaired) electrons. The zero-order valence-corrected chi connectivity index (χ0v) is 11.8. The number of ether oxygens (including phenoxy) is 1. The number of nitrogens with one attached hydrogen (secondary N) is 1. The fourth-order valence-corrected chi connectivity index (χ4v) is 2.56. The van der Waals surface area contributed by atoms with Crippen LogP contribution in [-0.2, 0) is 9.53 Å². The highest BCUT2D eigenvalue weighted by atomic mass is 16.5. The van der Waals surface area contributed by atoms with E-state index in [-0.39, 0.29) is 18.6 Å². The van der Waals surface area contributed by atoms with Crippen molar-refractivity contribution in [2.75, 3.05) is 11.9 Å². The summed E-state index contributed by atoms with van der Waals surface area (Å²) in [5.41, 5.74) is 0.949. The van der Waals surface area contributed by atoms with Crippen molar-refractivity contribution in [3.63, 3.8) is 0 Å². The average molecular weight is 261 g/mol. The molecule has 2 rings (SSSR count). The van der Waals surface area contributed by atoms with E-state index in [1.807, 2.05) is 30.3 Å². The fourth-order valence-electron chi connectivity index (χ4n) is 2.56. The summed E-state index contributed by atoms with van der Waals surface area (Å²) in [6.45, 7) is 4.76. The number of hydrogen-bond acceptors (Lipinski definition) is 3. The minimum absolute atomic E-state index is 0.108. The molecule has 3 heteroatoms. The Kier molecular flexibility index (Phi) is 4.83. The van der Waals surface area contributed by atoms with Crippen LogP contribution in [0.15, 0.2) is 30.3 Å². The molecule has 1 aromatic rings. The highest BCUT2D eigenvalue weighted by molar-refractivity contribution is 5.75. The molecule has 1 aliphatic rings. The summed E-state index contributed by atoms with van der Waals surface area (Å²) < 4.78 is 5.53. The van der Waals surface area contributed by atoms with E-state index < -0.39 is 0 Å². The third-order valence-electron chi connectivity index (χ3n) is 4.06. The molecule has 19 heavy (non-hydrogen) atoms. The van der Waals surface area contributed by atoms with Crippen LogP contribution in [0, 0.1) is 11.8 Å². The second-order valence-corrected chi connectivity index (χ2v) is 5.60. The quantitative estimate of drug-likeness (QED) is 0.843. The Morgan fingerprint density at radius 2 is 1.95 bits per heavy atom. The van der Waals surface area contributed by atoms with Gasteiger partial charge in [-0.1, -0.05) is 32.0 Å². The first kappa shape index (κ1) is 13.9. The van der Waals surface area contributed by atoms with Crippen molar-refractivity contribution in [2.45, 2.75) is 39.2 Å². The van der Waals surface area contributed by atoms with Crippen LogP contribution in [0.5, 0.6) is 0 Å². The monoisotopic (exact) mass is 261 g/mol. The molecule has 0 heterocycles. The third kappa shape index (κ3) is 4.27. The molecule has 1 N–H and O–H groups in total. The average Bonchev–Trinajstić information content (AvgIpc) is 2.42. The van der Waals surface area contributed by atoms with Crippen LogP contribution < -0.4 is 5.32 Å². The lowest BCUT2D eigenvalue weighted by Crippen LogP contribution is -2.30. The first-order valence-electron chi connectivity index (χ1n) is 7.13. The molecule has 0 aliphatic heterocycles. The molecule has 104 valence electrons. The van der Waals surface area contributed by atoms with Crippen molar-refractivity contribution in [1.82, 2.24) is 0 Å². The maximum atomic E-state index is 11.8. The molecule has 0 spiro atoms. The van der Waals surface area contributed by atoms with E-state index in [9.17, 15) is 4.79 Å². The number of carbonyl (C=O) groups is 1. The standard InChI is InChI=1S/C16H23NO2/c1-12-8-9-15(10-13(12)2)19-16(18)11-17-14-6-4-3-5-7-14/h3-7,12-13,15,17H,8-11H2,1-2H3. The van der Waals surface area contributed by atoms with Gasteiger partial charge in [-0.25, -0.2) is 0 Å². The molecule has 0 aromatic heterocycles. The number of hydrogen-bond donors (Lipinski definition) is 1. The van der Waals surface area contributed by atoms with Gasteiger partial charge in [0, 0.05) is 5.69 Å². The van der Waals surface area contributed by atoms with Crippen LogP contribution in [0.4, 0.5) is 5.69 Å². The first-order chi connectivity index (χ1) is 9.15. The molecule has 1 fully saturated rings. The number of carbonyl (C=O) groups excluding carboxylic acids is 1. The van der Waals surface area contributed by atoms with Crippen molar-refractivity contribution in [3.8, 4) is 0 Å². The minimum Gasteiger partial charge on any atom is -0.461 e. The van der Waals surface area contributed by atoms with Gasteiger partial charge in [-0.2, -0.15) is 0 Å². The topological polar surface area (TPSA) is 38.3 Å². The van der Waals surface area contributed by atoms with E-state index in [1.54, 1.807) is 0 Å². The highest BCUT2D eigenvalue weighted by Gasteiger charge is 2.26. The minimum atomic E-state index is -0.157. The predicted molar refractivity (Wildman–Crippen MR) is 77.0 cm³/mol. The van der Waals surface area contributed by atoms with Crippen LogP contribution in [0.2, 0.25) is 0 Å². The lowest BCUT2D eigenvalue weighted by molar-refractivity contribution is -0.149. The van der Waals surface area contributed by atoms with Crippen molar-refractivity contribution in [3.05, 3.63) is 30.3 Å². The van der Waals surface area contributed by atoms with E-state index >= 15 is 0 Å². The van der Waals surface area contributed by atoms with Crippen LogP contribution in [-0.4, -0.2) is 18.6 Å². The molecule has 3 nitrogen and oxygen atoms in total. The highest BCUT2D eigenvalue weighted by Crippen LogP contribution is 2.30. The van der Waals surface area contributed by atoms with Gasteiger partial charge in [0.2, 0.25) is 0 Å². The SMILES string of the molecule is CC1CCC(OC(=O)CNc2ccccc2)CC1C. The molecule has 0 saturated heterocycles. The van der Waals surface area contributed by atoms with Gasteiger partial charge in [0.25, 0.3) is 0 Å². The Morgan fingerprint density at radius 3 is 2.63 bits per heavy atom. The molecular weight excluding hydrogens is 238 g/mol. The van der Waals surface area contributed by atoms with E-state index in [0.717, 1.165) is 30.9 Å². The Hall–Kier alpha value is -1.51. The number of anilines is 1. The maximum Gasteiger partial charge on any atom is 0.325 e.